The molecule has 2 rings (SSSR count). The summed E-state index contributed by atoms with van der Waals surface area (Å²) in [5.74, 6) is 0.0350. The quantitative estimate of drug-likeness (QED) is 0.598. The molecule has 1 heterocycles. The lowest BCUT2D eigenvalue weighted by molar-refractivity contribution is -0.110. The highest BCUT2D eigenvalue weighted by molar-refractivity contribution is 6.61. The van der Waals surface area contributed by atoms with E-state index in [2.05, 4.69) is 9.98 Å². The second-order valence-corrected chi connectivity index (χ2v) is 3.77. The van der Waals surface area contributed by atoms with E-state index in [1.54, 1.807) is 13.1 Å². The molecule has 0 spiro atoms. The number of hydrogen-bond acceptors (Lipinski definition) is 3. The lowest BCUT2D eigenvalue weighted by Gasteiger charge is -2.28. The maximum atomic E-state index is 11.1. The van der Waals surface area contributed by atoms with Gasteiger partial charge in [0.2, 0.25) is 0 Å². The van der Waals surface area contributed by atoms with Crippen LogP contribution in [0, 0.1) is 0 Å². The van der Waals surface area contributed by atoms with Gasteiger partial charge in [0.1, 0.15) is 5.71 Å². The zero-order valence-electron chi connectivity index (χ0n) is 7.86. The van der Waals surface area contributed by atoms with Crippen LogP contribution in [0.4, 0.5) is 0 Å². The van der Waals surface area contributed by atoms with E-state index in [9.17, 15) is 4.79 Å². The lowest BCUT2D eigenvalue weighted by Crippen LogP contribution is -2.33. The van der Waals surface area contributed by atoms with Crippen molar-refractivity contribution in [1.82, 2.24) is 0 Å². The molecule has 70 valence electrons. The molecule has 13 heavy (non-hydrogen) atoms. The SMILES string of the molecule is CC(=O)C1=NC2CCCCC2N=C1. The van der Waals surface area contributed by atoms with Gasteiger partial charge in [0.25, 0.3) is 0 Å². The van der Waals surface area contributed by atoms with Gasteiger partial charge in [-0.15, -0.1) is 0 Å². The summed E-state index contributed by atoms with van der Waals surface area (Å²) in [7, 11) is 0. The first-order valence-electron chi connectivity index (χ1n) is 4.89. The molecule has 3 nitrogen and oxygen atoms in total. The van der Waals surface area contributed by atoms with Crippen LogP contribution < -0.4 is 0 Å². The molecule has 3 heteroatoms. The monoisotopic (exact) mass is 178 g/mol. The molecule has 0 N–H and O–H groups in total. The van der Waals surface area contributed by atoms with Crippen LogP contribution in [0.2, 0.25) is 0 Å². The fraction of sp³-hybridized carbons (Fsp3) is 0.700. The number of hydrogen-bond donors (Lipinski definition) is 0. The zero-order chi connectivity index (χ0) is 9.26. The Morgan fingerprint density at radius 3 is 2.77 bits per heavy atom. The molecule has 1 aliphatic heterocycles. The van der Waals surface area contributed by atoms with Gasteiger partial charge < -0.3 is 0 Å². The van der Waals surface area contributed by atoms with Crippen LogP contribution in [0.15, 0.2) is 9.98 Å². The average molecular weight is 178 g/mol. The van der Waals surface area contributed by atoms with E-state index in [1.807, 2.05) is 0 Å². The largest absolute Gasteiger partial charge is 0.293 e. The van der Waals surface area contributed by atoms with Crippen LogP contribution in [0.5, 0.6) is 0 Å². The number of carbonyl (C=O) groups excluding carboxylic acids is 1. The number of ketones is 1. The Kier molecular flexibility index (Phi) is 2.25. The molecule has 2 unspecified atom stereocenters. The molecule has 1 aliphatic carbocycles. The number of carbonyl (C=O) groups is 1. The van der Waals surface area contributed by atoms with Crippen LogP contribution in [0.25, 0.3) is 0 Å². The summed E-state index contributed by atoms with van der Waals surface area (Å²) < 4.78 is 0. The van der Waals surface area contributed by atoms with Gasteiger partial charge in [0, 0.05) is 6.92 Å². The smallest absolute Gasteiger partial charge is 0.179 e. The summed E-state index contributed by atoms with van der Waals surface area (Å²) in [5.41, 5.74) is 0.558. The van der Waals surface area contributed by atoms with Gasteiger partial charge in [0.05, 0.1) is 18.3 Å². The molecule has 0 saturated heterocycles. The number of fused-ring (bicyclic) bond motifs is 1. The second kappa shape index (κ2) is 3.40. The Morgan fingerprint density at radius 2 is 2.08 bits per heavy atom. The van der Waals surface area contributed by atoms with Gasteiger partial charge in [-0.25, -0.2) is 0 Å². The average Bonchev–Trinajstić information content (AvgIpc) is 2.17. The summed E-state index contributed by atoms with van der Waals surface area (Å²) >= 11 is 0. The molecule has 0 bridgehead atoms. The minimum absolute atomic E-state index is 0.0350. The van der Waals surface area contributed by atoms with E-state index in [-0.39, 0.29) is 11.8 Å². The maximum absolute atomic E-state index is 11.1. The third-order valence-corrected chi connectivity index (χ3v) is 2.75. The van der Waals surface area contributed by atoms with E-state index in [4.69, 9.17) is 0 Å². The van der Waals surface area contributed by atoms with Gasteiger partial charge in [-0.2, -0.15) is 0 Å². The molecule has 2 atom stereocenters. The number of aliphatic imine (C=N–C) groups is 2. The van der Waals surface area contributed by atoms with Crippen LogP contribution in [0.3, 0.4) is 0 Å². The van der Waals surface area contributed by atoms with E-state index in [1.165, 1.54) is 12.8 Å². The molecule has 0 amide bonds. The highest BCUT2D eigenvalue weighted by Crippen LogP contribution is 2.25. The summed E-state index contributed by atoms with van der Waals surface area (Å²) in [6.45, 7) is 1.55. The molecule has 1 fully saturated rings. The molecular formula is C10H14N2O. The maximum Gasteiger partial charge on any atom is 0.179 e. The minimum Gasteiger partial charge on any atom is -0.293 e. The Morgan fingerprint density at radius 1 is 1.38 bits per heavy atom. The first-order chi connectivity index (χ1) is 6.27. The topological polar surface area (TPSA) is 41.8 Å². The summed E-state index contributed by atoms with van der Waals surface area (Å²) in [6, 6.07) is 0.648. The van der Waals surface area contributed by atoms with Crippen molar-refractivity contribution < 1.29 is 4.79 Å². The Labute approximate surface area is 78.0 Å². The lowest BCUT2D eigenvalue weighted by atomic mass is 9.90. The van der Waals surface area contributed by atoms with Crippen molar-refractivity contribution in [1.29, 1.82) is 0 Å². The molecular weight excluding hydrogens is 164 g/mol. The Balaban J connectivity index is 2.16. The van der Waals surface area contributed by atoms with Gasteiger partial charge in [-0.05, 0) is 12.8 Å². The Bertz CT molecular complexity index is 281. The van der Waals surface area contributed by atoms with Crippen molar-refractivity contribution in [2.45, 2.75) is 44.7 Å². The summed E-state index contributed by atoms with van der Waals surface area (Å²) in [4.78, 5) is 19.8. The van der Waals surface area contributed by atoms with E-state index < -0.39 is 0 Å². The fourth-order valence-electron chi connectivity index (χ4n) is 1.98. The normalized spacial score (nSPS) is 32.2. The molecule has 0 aromatic rings. The van der Waals surface area contributed by atoms with Crippen LogP contribution in [-0.4, -0.2) is 29.8 Å². The van der Waals surface area contributed by atoms with Crippen molar-refractivity contribution in [2.75, 3.05) is 0 Å². The summed E-state index contributed by atoms with van der Waals surface area (Å²) in [5, 5.41) is 0. The highest BCUT2D eigenvalue weighted by atomic mass is 16.1. The minimum atomic E-state index is 0.0350. The number of rotatable bonds is 1. The van der Waals surface area contributed by atoms with Crippen molar-refractivity contribution >= 4 is 17.7 Å². The van der Waals surface area contributed by atoms with Crippen molar-refractivity contribution in [3.8, 4) is 0 Å². The molecule has 0 radical (unpaired) electrons. The van der Waals surface area contributed by atoms with E-state index >= 15 is 0 Å². The van der Waals surface area contributed by atoms with Gasteiger partial charge in [-0.1, -0.05) is 12.8 Å². The molecule has 0 aromatic heterocycles. The fourth-order valence-corrected chi connectivity index (χ4v) is 1.98. The van der Waals surface area contributed by atoms with Gasteiger partial charge >= 0.3 is 0 Å². The van der Waals surface area contributed by atoms with Crippen LogP contribution in [0.1, 0.15) is 32.6 Å². The van der Waals surface area contributed by atoms with Crippen molar-refractivity contribution in [3.63, 3.8) is 0 Å². The number of nitrogens with zero attached hydrogens (tertiary/aromatic N) is 2. The van der Waals surface area contributed by atoms with Crippen LogP contribution in [-0.2, 0) is 4.79 Å². The summed E-state index contributed by atoms with van der Waals surface area (Å²) in [6.07, 6.45) is 6.36. The van der Waals surface area contributed by atoms with Gasteiger partial charge in [-0.3, -0.25) is 14.8 Å². The highest BCUT2D eigenvalue weighted by Gasteiger charge is 2.27. The van der Waals surface area contributed by atoms with Crippen molar-refractivity contribution in [2.24, 2.45) is 9.98 Å². The van der Waals surface area contributed by atoms with Crippen LogP contribution >= 0.6 is 0 Å². The first kappa shape index (κ1) is 8.60. The zero-order valence-corrected chi connectivity index (χ0v) is 7.86. The molecule has 1 saturated carbocycles. The molecule has 0 aromatic carbocycles. The Hall–Kier alpha value is -0.990. The molecule has 2 aliphatic rings. The first-order valence-corrected chi connectivity index (χ1v) is 4.89. The standard InChI is InChI=1S/C10H14N2O/c1-7(13)10-6-11-8-4-2-3-5-9(8)12-10/h6,8-9H,2-5H2,1H3. The predicted molar refractivity (Wildman–Crippen MR) is 52.7 cm³/mol. The van der Waals surface area contributed by atoms with Gasteiger partial charge in [0.15, 0.2) is 5.78 Å². The predicted octanol–water partition coefficient (Wildman–Crippen LogP) is 1.41. The third kappa shape index (κ3) is 1.69. The van der Waals surface area contributed by atoms with Crippen molar-refractivity contribution in [3.05, 3.63) is 0 Å². The van der Waals surface area contributed by atoms with E-state index in [0.29, 0.717) is 11.8 Å². The number of Topliss-reactive ketones (excluding diaryl/α,β-unsaturated/α-hetero) is 1. The van der Waals surface area contributed by atoms with E-state index in [0.717, 1.165) is 12.8 Å². The third-order valence-electron chi connectivity index (χ3n) is 2.75. The second-order valence-electron chi connectivity index (χ2n) is 3.77.